The second-order valence-electron chi connectivity index (χ2n) is 8.48. The molecule has 1 saturated heterocycles. The lowest BCUT2D eigenvalue weighted by Gasteiger charge is -2.32. The molecule has 0 saturated carbocycles. The van der Waals surface area contributed by atoms with Crippen LogP contribution in [0.15, 0.2) is 42.7 Å². The van der Waals surface area contributed by atoms with E-state index in [1.54, 1.807) is 12.4 Å². The number of nitrogens with one attached hydrogen (secondary N) is 3. The number of hydrogen-bond donors (Lipinski definition) is 3. The summed E-state index contributed by atoms with van der Waals surface area (Å²) in [6, 6.07) is 6.05. The number of hydrogen-bond acceptors (Lipinski definition) is 4. The van der Waals surface area contributed by atoms with E-state index in [4.69, 9.17) is 0 Å². The summed E-state index contributed by atoms with van der Waals surface area (Å²) < 4.78 is 27.1. The third-order valence-corrected chi connectivity index (χ3v) is 6.05. The molecule has 2 aromatic heterocycles. The van der Waals surface area contributed by atoms with E-state index in [-0.39, 0.29) is 24.9 Å². The van der Waals surface area contributed by atoms with E-state index in [1.807, 2.05) is 24.1 Å². The Kier molecular flexibility index (Phi) is 6.98. The second-order valence-corrected chi connectivity index (χ2v) is 8.48. The van der Waals surface area contributed by atoms with E-state index in [0.29, 0.717) is 12.0 Å². The van der Waals surface area contributed by atoms with Gasteiger partial charge in [-0.1, -0.05) is 12.5 Å². The molecule has 4 rings (SSSR count). The number of carbonyl (C=O) groups excluding carboxylic acids is 2. The highest BCUT2D eigenvalue weighted by atomic mass is 19.2. The molecule has 0 unspecified atom stereocenters. The number of pyridine rings is 1. The van der Waals surface area contributed by atoms with E-state index >= 15 is 0 Å². The first-order valence-electron chi connectivity index (χ1n) is 11.0. The van der Waals surface area contributed by atoms with Gasteiger partial charge in [-0.25, -0.2) is 13.8 Å². The van der Waals surface area contributed by atoms with E-state index in [0.717, 1.165) is 48.1 Å². The van der Waals surface area contributed by atoms with Crippen molar-refractivity contribution in [3.63, 3.8) is 0 Å². The van der Waals surface area contributed by atoms with Crippen molar-refractivity contribution in [1.82, 2.24) is 25.5 Å². The Bertz CT molecular complexity index is 1150. The van der Waals surface area contributed by atoms with Gasteiger partial charge in [0, 0.05) is 30.7 Å². The van der Waals surface area contributed by atoms with Gasteiger partial charge in [0.1, 0.15) is 11.7 Å². The third kappa shape index (κ3) is 5.54. The van der Waals surface area contributed by atoms with Gasteiger partial charge < -0.3 is 15.6 Å². The van der Waals surface area contributed by atoms with Crippen molar-refractivity contribution in [2.45, 2.75) is 44.3 Å². The molecule has 0 spiro atoms. The number of amides is 2. The topological polar surface area (TPSA) is 90.1 Å². The van der Waals surface area contributed by atoms with Gasteiger partial charge in [0.05, 0.1) is 6.04 Å². The molecule has 33 heavy (non-hydrogen) atoms. The number of rotatable bonds is 7. The quantitative estimate of drug-likeness (QED) is 0.511. The molecule has 1 aliphatic rings. The number of carbonyl (C=O) groups is 2. The average molecular weight is 456 g/mol. The van der Waals surface area contributed by atoms with Gasteiger partial charge in [0.2, 0.25) is 11.8 Å². The van der Waals surface area contributed by atoms with Gasteiger partial charge in [-0.15, -0.1) is 0 Å². The van der Waals surface area contributed by atoms with Crippen molar-refractivity contribution in [1.29, 1.82) is 0 Å². The van der Waals surface area contributed by atoms with Gasteiger partial charge in [-0.2, -0.15) is 0 Å². The molecule has 0 aliphatic carbocycles. The van der Waals surface area contributed by atoms with Gasteiger partial charge in [0.25, 0.3) is 0 Å². The molecule has 9 heteroatoms. The maximum Gasteiger partial charge on any atom is 0.243 e. The summed E-state index contributed by atoms with van der Waals surface area (Å²) in [5, 5.41) is 6.59. The summed E-state index contributed by atoms with van der Waals surface area (Å²) in [6.45, 7) is 1.03. The summed E-state index contributed by atoms with van der Waals surface area (Å²) >= 11 is 0. The van der Waals surface area contributed by atoms with Crippen molar-refractivity contribution in [2.24, 2.45) is 0 Å². The van der Waals surface area contributed by atoms with Gasteiger partial charge in [-0.3, -0.25) is 14.5 Å². The summed E-state index contributed by atoms with van der Waals surface area (Å²) in [5.41, 5.74) is 1.98. The number of H-pyrrole nitrogens is 1. The molecule has 3 aromatic rings. The smallest absolute Gasteiger partial charge is 0.243 e. The highest BCUT2D eigenvalue weighted by Gasteiger charge is 2.30. The van der Waals surface area contributed by atoms with Crippen molar-refractivity contribution >= 4 is 22.8 Å². The molecular formula is C24H27F2N5O2. The molecule has 2 amide bonds. The number of nitrogens with zero attached hydrogens (tertiary/aromatic N) is 2. The molecular weight excluding hydrogens is 428 g/mol. The fourth-order valence-corrected chi connectivity index (χ4v) is 4.18. The lowest BCUT2D eigenvalue weighted by Crippen LogP contribution is -2.54. The zero-order valence-electron chi connectivity index (χ0n) is 18.4. The maximum atomic E-state index is 13.7. The summed E-state index contributed by atoms with van der Waals surface area (Å²) in [7, 11) is 1.89. The van der Waals surface area contributed by atoms with Crippen LogP contribution in [-0.4, -0.2) is 52.4 Å². The third-order valence-electron chi connectivity index (χ3n) is 6.05. The number of halogens is 2. The Labute approximate surface area is 190 Å². The minimum Gasteiger partial charge on any atom is -0.350 e. The van der Waals surface area contributed by atoms with Gasteiger partial charge in [-0.05, 0) is 61.8 Å². The summed E-state index contributed by atoms with van der Waals surface area (Å²) in [4.78, 5) is 35.3. The molecule has 1 aromatic carbocycles. The molecule has 0 radical (unpaired) electrons. The fourth-order valence-electron chi connectivity index (χ4n) is 4.18. The number of piperidine rings is 1. The van der Waals surface area contributed by atoms with Crippen molar-refractivity contribution < 1.29 is 18.4 Å². The predicted molar refractivity (Wildman–Crippen MR) is 120 cm³/mol. The van der Waals surface area contributed by atoms with Crippen LogP contribution >= 0.6 is 0 Å². The Morgan fingerprint density at radius 2 is 2.03 bits per heavy atom. The monoisotopic (exact) mass is 455 g/mol. The van der Waals surface area contributed by atoms with E-state index in [9.17, 15) is 18.4 Å². The predicted octanol–water partition coefficient (Wildman–Crippen LogP) is 2.67. The van der Waals surface area contributed by atoms with Gasteiger partial charge in [0.15, 0.2) is 11.6 Å². The van der Waals surface area contributed by atoms with Crippen molar-refractivity contribution in [2.75, 3.05) is 13.6 Å². The molecule has 0 bridgehead atoms. The molecule has 174 valence electrons. The van der Waals surface area contributed by atoms with E-state index in [2.05, 4.69) is 20.6 Å². The molecule has 2 atom stereocenters. The summed E-state index contributed by atoms with van der Waals surface area (Å²) in [6.07, 6.45) is 6.18. The number of benzene rings is 1. The van der Waals surface area contributed by atoms with E-state index < -0.39 is 23.6 Å². The molecule has 3 N–H and O–H groups in total. The van der Waals surface area contributed by atoms with Crippen LogP contribution in [0.4, 0.5) is 8.78 Å². The number of likely N-dealkylation sites (N-methyl/N-ethyl adjacent to an activating group) is 1. The zero-order valence-corrected chi connectivity index (χ0v) is 18.4. The SMILES string of the molecule is CN1CCCC[C@@H]1C(=O)N[C@@H](Cc1ccc(F)c(F)c1)C(=O)NCc1cnc2[nH]ccc2c1. The molecule has 1 fully saturated rings. The lowest BCUT2D eigenvalue weighted by atomic mass is 10.0. The average Bonchev–Trinajstić information content (AvgIpc) is 3.27. The Balaban J connectivity index is 1.47. The zero-order chi connectivity index (χ0) is 23.4. The largest absolute Gasteiger partial charge is 0.350 e. The maximum absolute atomic E-state index is 13.7. The Morgan fingerprint density at radius 1 is 1.18 bits per heavy atom. The van der Waals surface area contributed by atoms with Crippen LogP contribution in [0.1, 0.15) is 30.4 Å². The Morgan fingerprint density at radius 3 is 2.82 bits per heavy atom. The fraction of sp³-hybridized carbons (Fsp3) is 0.375. The number of aromatic amines is 1. The van der Waals surface area contributed by atoms with Crippen LogP contribution in [0.3, 0.4) is 0 Å². The van der Waals surface area contributed by atoms with Crippen LogP contribution in [0.25, 0.3) is 11.0 Å². The molecule has 7 nitrogen and oxygen atoms in total. The van der Waals surface area contributed by atoms with Crippen LogP contribution in [0, 0.1) is 11.6 Å². The lowest BCUT2D eigenvalue weighted by molar-refractivity contribution is -0.132. The molecule has 1 aliphatic heterocycles. The van der Waals surface area contributed by atoms with Gasteiger partial charge >= 0.3 is 0 Å². The van der Waals surface area contributed by atoms with Crippen LogP contribution in [0.2, 0.25) is 0 Å². The highest BCUT2D eigenvalue weighted by molar-refractivity contribution is 5.90. The first kappa shape index (κ1) is 22.8. The number of fused-ring (bicyclic) bond motifs is 1. The second kappa shape index (κ2) is 10.1. The first-order chi connectivity index (χ1) is 15.9. The number of likely N-dealkylation sites (tertiary alicyclic amines) is 1. The normalized spacial score (nSPS) is 17.6. The highest BCUT2D eigenvalue weighted by Crippen LogP contribution is 2.16. The standard InChI is InChI=1S/C24H27F2N5O2/c1-31-9-3-2-4-21(31)24(33)30-20(12-15-5-6-18(25)19(26)11-15)23(32)29-14-16-10-17-7-8-27-22(17)28-13-16/h5-8,10-11,13,20-21H,2-4,9,12,14H2,1H3,(H,27,28)(H,29,32)(H,30,33)/t20-,21+/m0/s1. The van der Waals surface area contributed by atoms with Crippen molar-refractivity contribution in [3.8, 4) is 0 Å². The van der Waals surface area contributed by atoms with Crippen molar-refractivity contribution in [3.05, 3.63) is 65.5 Å². The number of aromatic nitrogens is 2. The first-order valence-corrected chi connectivity index (χ1v) is 11.0. The van der Waals surface area contributed by atoms with E-state index in [1.165, 1.54) is 6.07 Å². The van der Waals surface area contributed by atoms with Crippen LogP contribution < -0.4 is 10.6 Å². The van der Waals surface area contributed by atoms with Crippen LogP contribution in [0.5, 0.6) is 0 Å². The molecule has 3 heterocycles. The Hall–Kier alpha value is -3.33. The van der Waals surface area contributed by atoms with Crippen LogP contribution in [-0.2, 0) is 22.6 Å². The summed E-state index contributed by atoms with van der Waals surface area (Å²) in [5.74, 6) is -2.59. The minimum atomic E-state index is -0.990. The minimum absolute atomic E-state index is 0.0420.